The van der Waals surface area contributed by atoms with E-state index in [0.29, 0.717) is 16.8 Å². The molecule has 0 bridgehead atoms. The van der Waals surface area contributed by atoms with Gasteiger partial charge in [0, 0.05) is 24.4 Å². The zero-order valence-electron chi connectivity index (χ0n) is 14.2. The van der Waals surface area contributed by atoms with E-state index in [4.69, 9.17) is 0 Å². The Labute approximate surface area is 150 Å². The maximum absolute atomic E-state index is 12.3. The third-order valence-electron chi connectivity index (χ3n) is 3.29. The largest absolute Gasteiger partial charge is 0.354 e. The highest BCUT2D eigenvalue weighted by atomic mass is 32.1. The molecule has 25 heavy (non-hydrogen) atoms. The molecule has 0 aliphatic heterocycles. The summed E-state index contributed by atoms with van der Waals surface area (Å²) in [7, 11) is 0. The summed E-state index contributed by atoms with van der Waals surface area (Å²) < 4.78 is 0. The number of benzene rings is 1. The van der Waals surface area contributed by atoms with Gasteiger partial charge in [-0.05, 0) is 37.4 Å². The van der Waals surface area contributed by atoms with Crippen LogP contribution in [0.15, 0.2) is 41.1 Å². The van der Waals surface area contributed by atoms with Gasteiger partial charge in [0.2, 0.25) is 5.91 Å². The summed E-state index contributed by atoms with van der Waals surface area (Å²) in [5, 5.41) is 11.8. The minimum Gasteiger partial charge on any atom is -0.354 e. The first-order chi connectivity index (χ1) is 12.0. The van der Waals surface area contributed by atoms with Crippen LogP contribution in [0.3, 0.4) is 0 Å². The highest BCUT2D eigenvalue weighted by Crippen LogP contribution is 2.17. The number of hydrogen-bond donors (Lipinski definition) is 3. The number of amides is 3. The van der Waals surface area contributed by atoms with Crippen molar-refractivity contribution in [2.75, 3.05) is 11.9 Å². The summed E-state index contributed by atoms with van der Waals surface area (Å²) in [5.74, 6) is -0.717. The Hall–Kier alpha value is -2.67. The van der Waals surface area contributed by atoms with Gasteiger partial charge in [-0.3, -0.25) is 14.4 Å². The first kappa shape index (κ1) is 18.7. The average Bonchev–Trinajstić information content (AvgIpc) is 3.09. The summed E-state index contributed by atoms with van der Waals surface area (Å²) in [6, 6.07) is 8.56. The lowest BCUT2D eigenvalue weighted by Gasteiger charge is -2.12. The SMILES string of the molecule is CC(C)NC(=O)CCNC(=O)c1ccccc1NC(=O)c1ccsc1. The predicted octanol–water partition coefficient (Wildman–Crippen LogP) is 2.64. The number of carbonyl (C=O) groups is 3. The number of para-hydroxylation sites is 1. The van der Waals surface area contributed by atoms with Crippen LogP contribution in [0, 0.1) is 0 Å². The van der Waals surface area contributed by atoms with Gasteiger partial charge in [-0.2, -0.15) is 11.3 Å². The van der Waals surface area contributed by atoms with Gasteiger partial charge < -0.3 is 16.0 Å². The first-order valence-corrected chi connectivity index (χ1v) is 8.92. The lowest BCUT2D eigenvalue weighted by atomic mass is 10.1. The zero-order valence-corrected chi connectivity index (χ0v) is 15.0. The average molecular weight is 359 g/mol. The maximum Gasteiger partial charge on any atom is 0.256 e. The Morgan fingerprint density at radius 1 is 1.08 bits per heavy atom. The highest BCUT2D eigenvalue weighted by Gasteiger charge is 2.14. The zero-order chi connectivity index (χ0) is 18.2. The summed E-state index contributed by atoms with van der Waals surface area (Å²) in [6.07, 6.45) is 0.202. The molecule has 0 saturated carbocycles. The van der Waals surface area contributed by atoms with Crippen LogP contribution >= 0.6 is 11.3 Å². The molecule has 2 aromatic rings. The van der Waals surface area contributed by atoms with Crippen molar-refractivity contribution in [1.82, 2.24) is 10.6 Å². The Kier molecular flexibility index (Phi) is 6.71. The minimum atomic E-state index is -0.335. The van der Waals surface area contributed by atoms with Gasteiger partial charge in [0.1, 0.15) is 0 Å². The fraction of sp³-hybridized carbons (Fsp3) is 0.278. The smallest absolute Gasteiger partial charge is 0.256 e. The number of hydrogen-bond acceptors (Lipinski definition) is 4. The first-order valence-electron chi connectivity index (χ1n) is 7.97. The van der Waals surface area contributed by atoms with Crippen molar-refractivity contribution in [3.63, 3.8) is 0 Å². The number of carbonyl (C=O) groups excluding carboxylic acids is 3. The van der Waals surface area contributed by atoms with Gasteiger partial charge in [-0.15, -0.1) is 0 Å². The molecule has 0 unspecified atom stereocenters. The van der Waals surface area contributed by atoms with E-state index in [1.807, 2.05) is 19.2 Å². The second-order valence-corrected chi connectivity index (χ2v) is 6.52. The molecule has 7 heteroatoms. The van der Waals surface area contributed by atoms with Crippen molar-refractivity contribution in [2.45, 2.75) is 26.3 Å². The second-order valence-electron chi connectivity index (χ2n) is 5.74. The fourth-order valence-electron chi connectivity index (χ4n) is 2.16. The highest BCUT2D eigenvalue weighted by molar-refractivity contribution is 7.08. The van der Waals surface area contributed by atoms with Gasteiger partial charge in [0.05, 0.1) is 16.8 Å². The normalized spacial score (nSPS) is 10.4. The number of nitrogens with one attached hydrogen (secondary N) is 3. The Morgan fingerprint density at radius 2 is 1.84 bits per heavy atom. The molecule has 1 aromatic carbocycles. The van der Waals surface area contributed by atoms with Crippen molar-refractivity contribution in [1.29, 1.82) is 0 Å². The molecular weight excluding hydrogens is 338 g/mol. The summed E-state index contributed by atoms with van der Waals surface area (Å²) in [5.41, 5.74) is 1.34. The molecule has 1 aromatic heterocycles. The third-order valence-corrected chi connectivity index (χ3v) is 3.97. The van der Waals surface area contributed by atoms with Crippen LogP contribution < -0.4 is 16.0 Å². The van der Waals surface area contributed by atoms with E-state index < -0.39 is 0 Å². The van der Waals surface area contributed by atoms with Gasteiger partial charge in [0.15, 0.2) is 0 Å². The van der Waals surface area contributed by atoms with Crippen LogP contribution in [0.4, 0.5) is 5.69 Å². The quantitative estimate of drug-likeness (QED) is 0.710. The molecule has 0 aliphatic rings. The van der Waals surface area contributed by atoms with Crippen molar-refractivity contribution >= 4 is 34.7 Å². The molecule has 0 saturated heterocycles. The second kappa shape index (κ2) is 8.98. The van der Waals surface area contributed by atoms with Crippen LogP contribution in [0.1, 0.15) is 41.0 Å². The summed E-state index contributed by atoms with van der Waals surface area (Å²) in [6.45, 7) is 3.98. The van der Waals surface area contributed by atoms with Crippen molar-refractivity contribution < 1.29 is 14.4 Å². The van der Waals surface area contributed by atoms with Crippen molar-refractivity contribution in [3.8, 4) is 0 Å². The molecule has 0 fully saturated rings. The van der Waals surface area contributed by atoms with Crippen molar-refractivity contribution in [2.24, 2.45) is 0 Å². The predicted molar refractivity (Wildman–Crippen MR) is 98.9 cm³/mol. The monoisotopic (exact) mass is 359 g/mol. The van der Waals surface area contributed by atoms with Gasteiger partial charge >= 0.3 is 0 Å². The van der Waals surface area contributed by atoms with Crippen LogP contribution in [0.5, 0.6) is 0 Å². The summed E-state index contributed by atoms with van der Waals surface area (Å²) in [4.78, 5) is 36.1. The van der Waals surface area contributed by atoms with Crippen LogP contribution in [0.25, 0.3) is 0 Å². The number of anilines is 1. The molecule has 3 amide bonds. The van der Waals surface area contributed by atoms with Gasteiger partial charge in [0.25, 0.3) is 11.8 Å². The standard InChI is InChI=1S/C18H21N3O3S/c1-12(2)20-16(22)7-9-19-18(24)14-5-3-4-6-15(14)21-17(23)13-8-10-25-11-13/h3-6,8,10-12H,7,9H2,1-2H3,(H,19,24)(H,20,22)(H,21,23). The molecule has 2 rings (SSSR count). The third kappa shape index (κ3) is 5.72. The minimum absolute atomic E-state index is 0.0660. The molecule has 6 nitrogen and oxygen atoms in total. The molecule has 0 radical (unpaired) electrons. The molecular formula is C18H21N3O3S. The van der Waals surface area contributed by atoms with Crippen LogP contribution in [-0.2, 0) is 4.79 Å². The van der Waals surface area contributed by atoms with E-state index in [9.17, 15) is 14.4 Å². The Bertz CT molecular complexity index is 742. The number of thiophene rings is 1. The van der Waals surface area contributed by atoms with Gasteiger partial charge in [-0.25, -0.2) is 0 Å². The van der Waals surface area contributed by atoms with E-state index in [-0.39, 0.29) is 36.7 Å². The lowest BCUT2D eigenvalue weighted by molar-refractivity contribution is -0.121. The van der Waals surface area contributed by atoms with E-state index in [1.165, 1.54) is 11.3 Å². The molecule has 1 heterocycles. The maximum atomic E-state index is 12.3. The summed E-state index contributed by atoms with van der Waals surface area (Å²) >= 11 is 1.43. The van der Waals surface area contributed by atoms with Crippen LogP contribution in [-0.4, -0.2) is 30.3 Å². The Morgan fingerprint density at radius 3 is 2.52 bits per heavy atom. The van der Waals surface area contributed by atoms with Crippen LogP contribution in [0.2, 0.25) is 0 Å². The molecule has 0 aliphatic carbocycles. The van der Waals surface area contributed by atoms with E-state index in [0.717, 1.165) is 0 Å². The number of rotatable bonds is 7. The molecule has 3 N–H and O–H groups in total. The van der Waals surface area contributed by atoms with E-state index >= 15 is 0 Å². The van der Waals surface area contributed by atoms with Gasteiger partial charge in [-0.1, -0.05) is 12.1 Å². The topological polar surface area (TPSA) is 87.3 Å². The molecule has 0 atom stereocenters. The lowest BCUT2D eigenvalue weighted by Crippen LogP contribution is -2.34. The Balaban J connectivity index is 1.96. The molecule has 132 valence electrons. The van der Waals surface area contributed by atoms with E-state index in [1.54, 1.807) is 35.7 Å². The van der Waals surface area contributed by atoms with E-state index in [2.05, 4.69) is 16.0 Å². The van der Waals surface area contributed by atoms with Crippen molar-refractivity contribution in [3.05, 3.63) is 52.2 Å². The molecule has 0 spiro atoms. The fourth-order valence-corrected chi connectivity index (χ4v) is 2.79.